The third-order valence-electron chi connectivity index (χ3n) is 4.08. The molecule has 23 heavy (non-hydrogen) atoms. The van der Waals surface area contributed by atoms with E-state index in [4.69, 9.17) is 13.9 Å². The Kier molecular flexibility index (Phi) is 3.54. The number of benzene rings is 1. The highest BCUT2D eigenvalue weighted by molar-refractivity contribution is 5.66. The molecule has 0 radical (unpaired) electrons. The van der Waals surface area contributed by atoms with E-state index in [0.29, 0.717) is 0 Å². The highest BCUT2D eigenvalue weighted by Gasteiger charge is 2.18. The molecule has 5 nitrogen and oxygen atoms in total. The number of aromatic nitrogens is 2. The van der Waals surface area contributed by atoms with Gasteiger partial charge in [-0.15, -0.1) is 0 Å². The molecule has 4 rings (SSSR count). The van der Waals surface area contributed by atoms with Crippen molar-refractivity contribution in [2.75, 3.05) is 6.79 Å². The molecular formula is C18H18N2O3. The fourth-order valence-corrected chi connectivity index (χ4v) is 2.90. The number of aryl methyl sites for hydroxylation is 3. The summed E-state index contributed by atoms with van der Waals surface area (Å²) in [6.07, 6.45) is 7.49. The smallest absolute Gasteiger partial charge is 0.231 e. The molecule has 0 fully saturated rings. The monoisotopic (exact) mass is 310 g/mol. The van der Waals surface area contributed by atoms with Gasteiger partial charge in [0.2, 0.25) is 6.79 Å². The molecule has 1 aromatic carbocycles. The lowest BCUT2D eigenvalue weighted by molar-refractivity contribution is 0.174. The van der Waals surface area contributed by atoms with Crippen molar-refractivity contribution in [3.8, 4) is 22.9 Å². The number of hydrogen-bond donors (Lipinski definition) is 0. The van der Waals surface area contributed by atoms with E-state index in [2.05, 4.69) is 16.5 Å². The average Bonchev–Trinajstić information content (AvgIpc) is 3.27. The molecule has 0 amide bonds. The Balaban J connectivity index is 1.55. The largest absolute Gasteiger partial charge is 0.469 e. The third kappa shape index (κ3) is 2.70. The molecule has 0 saturated heterocycles. The molecule has 3 heterocycles. The molecule has 0 aliphatic carbocycles. The van der Waals surface area contributed by atoms with Gasteiger partial charge in [-0.05, 0) is 43.2 Å². The minimum absolute atomic E-state index is 0.288. The third-order valence-corrected chi connectivity index (χ3v) is 4.08. The first kappa shape index (κ1) is 13.9. The summed E-state index contributed by atoms with van der Waals surface area (Å²) in [4.78, 5) is 4.53. The fraction of sp³-hybridized carbons (Fsp3) is 0.278. The summed E-state index contributed by atoms with van der Waals surface area (Å²) in [7, 11) is 0. The zero-order chi connectivity index (χ0) is 15.6. The van der Waals surface area contributed by atoms with Gasteiger partial charge in [0.05, 0.1) is 6.26 Å². The topological polar surface area (TPSA) is 49.4 Å². The lowest BCUT2D eigenvalue weighted by Crippen LogP contribution is -2.02. The normalized spacial score (nSPS) is 12.7. The van der Waals surface area contributed by atoms with E-state index >= 15 is 0 Å². The number of rotatable bonds is 5. The molecule has 0 unspecified atom stereocenters. The van der Waals surface area contributed by atoms with E-state index in [1.54, 1.807) is 6.26 Å². The highest BCUT2D eigenvalue weighted by atomic mass is 16.7. The van der Waals surface area contributed by atoms with Gasteiger partial charge in [0, 0.05) is 30.9 Å². The van der Waals surface area contributed by atoms with Gasteiger partial charge >= 0.3 is 0 Å². The van der Waals surface area contributed by atoms with Crippen molar-refractivity contribution in [1.82, 2.24) is 9.55 Å². The Labute approximate surface area is 134 Å². The number of fused-ring (bicyclic) bond motifs is 1. The summed E-state index contributed by atoms with van der Waals surface area (Å²) in [5, 5.41) is 0. The van der Waals surface area contributed by atoms with Crippen molar-refractivity contribution in [2.24, 2.45) is 0 Å². The van der Waals surface area contributed by atoms with Gasteiger partial charge in [-0.3, -0.25) is 0 Å². The Morgan fingerprint density at radius 1 is 1.22 bits per heavy atom. The molecule has 0 atom stereocenters. The second kappa shape index (κ2) is 5.83. The lowest BCUT2D eigenvalue weighted by atomic mass is 10.1. The number of furan rings is 1. The number of hydrogen-bond acceptors (Lipinski definition) is 4. The van der Waals surface area contributed by atoms with E-state index in [1.807, 2.05) is 36.7 Å². The van der Waals surface area contributed by atoms with Gasteiger partial charge in [-0.1, -0.05) is 0 Å². The van der Waals surface area contributed by atoms with Gasteiger partial charge < -0.3 is 18.5 Å². The van der Waals surface area contributed by atoms with Crippen molar-refractivity contribution in [2.45, 2.75) is 26.3 Å². The molecule has 0 bridgehead atoms. The first-order valence-electron chi connectivity index (χ1n) is 7.75. The molecule has 0 saturated carbocycles. The molecule has 2 aromatic heterocycles. The van der Waals surface area contributed by atoms with E-state index < -0.39 is 0 Å². The Hall–Kier alpha value is -2.69. The molecule has 5 heteroatoms. The summed E-state index contributed by atoms with van der Waals surface area (Å²) in [5.41, 5.74) is 2.21. The van der Waals surface area contributed by atoms with Gasteiger partial charge in [-0.25, -0.2) is 4.98 Å². The molecular weight excluding hydrogens is 292 g/mol. The van der Waals surface area contributed by atoms with Gasteiger partial charge in [0.15, 0.2) is 11.5 Å². The van der Waals surface area contributed by atoms with Crippen LogP contribution in [0.3, 0.4) is 0 Å². The van der Waals surface area contributed by atoms with Crippen LogP contribution in [-0.2, 0) is 13.0 Å². The van der Waals surface area contributed by atoms with E-state index in [1.165, 1.54) is 0 Å². The number of imidazole rings is 1. The minimum atomic E-state index is 0.288. The van der Waals surface area contributed by atoms with Crippen LogP contribution in [0.1, 0.15) is 17.7 Å². The van der Waals surface area contributed by atoms with Crippen molar-refractivity contribution in [1.29, 1.82) is 0 Å². The maximum absolute atomic E-state index is 5.49. The van der Waals surface area contributed by atoms with Crippen molar-refractivity contribution >= 4 is 0 Å². The zero-order valence-corrected chi connectivity index (χ0v) is 13.0. The van der Waals surface area contributed by atoms with Crippen LogP contribution in [0.25, 0.3) is 11.4 Å². The van der Waals surface area contributed by atoms with Crippen molar-refractivity contribution in [3.63, 3.8) is 0 Å². The Morgan fingerprint density at radius 3 is 2.91 bits per heavy atom. The molecule has 3 aromatic rings. The first-order chi connectivity index (χ1) is 11.3. The second-order valence-electron chi connectivity index (χ2n) is 5.65. The van der Waals surface area contributed by atoms with Gasteiger partial charge in [0.25, 0.3) is 0 Å². The Bertz CT molecular complexity index is 806. The molecule has 1 aliphatic rings. The maximum Gasteiger partial charge on any atom is 0.231 e. The molecule has 0 spiro atoms. The van der Waals surface area contributed by atoms with Crippen LogP contribution in [0.5, 0.6) is 11.5 Å². The first-order valence-corrected chi connectivity index (χ1v) is 7.75. The molecule has 1 aliphatic heterocycles. The zero-order valence-electron chi connectivity index (χ0n) is 13.0. The Morgan fingerprint density at radius 2 is 2.09 bits per heavy atom. The van der Waals surface area contributed by atoms with Gasteiger partial charge in [-0.2, -0.15) is 0 Å². The summed E-state index contributed by atoms with van der Waals surface area (Å²) in [5.74, 6) is 3.57. The van der Waals surface area contributed by atoms with E-state index in [9.17, 15) is 0 Å². The average molecular weight is 310 g/mol. The van der Waals surface area contributed by atoms with Crippen LogP contribution < -0.4 is 9.47 Å². The fourth-order valence-electron chi connectivity index (χ4n) is 2.90. The van der Waals surface area contributed by atoms with E-state index in [-0.39, 0.29) is 6.79 Å². The summed E-state index contributed by atoms with van der Waals surface area (Å²) in [6, 6.07) is 7.97. The van der Waals surface area contributed by atoms with Crippen LogP contribution in [-0.4, -0.2) is 16.3 Å². The second-order valence-corrected chi connectivity index (χ2v) is 5.65. The SMILES string of the molecule is Cc1cc2c(cc1-c1nccn1CCCc1ccco1)OCO2. The predicted molar refractivity (Wildman–Crippen MR) is 85.6 cm³/mol. The standard InChI is InChI=1S/C18H18N2O3/c1-13-10-16-17(23-12-22-16)11-15(13)18-19-6-8-20(18)7-2-4-14-5-3-9-21-14/h3,5-6,8-11H,2,4,7,12H2,1H3. The van der Waals surface area contributed by atoms with Crippen LogP contribution >= 0.6 is 0 Å². The van der Waals surface area contributed by atoms with Crippen molar-refractivity contribution in [3.05, 3.63) is 54.2 Å². The van der Waals surface area contributed by atoms with Crippen LogP contribution in [0.4, 0.5) is 0 Å². The molecule has 118 valence electrons. The maximum atomic E-state index is 5.49. The number of nitrogens with zero attached hydrogens (tertiary/aromatic N) is 2. The number of ether oxygens (including phenoxy) is 2. The lowest BCUT2D eigenvalue weighted by Gasteiger charge is -2.10. The highest BCUT2D eigenvalue weighted by Crippen LogP contribution is 2.38. The summed E-state index contributed by atoms with van der Waals surface area (Å²) >= 11 is 0. The van der Waals surface area contributed by atoms with Crippen LogP contribution in [0, 0.1) is 6.92 Å². The minimum Gasteiger partial charge on any atom is -0.469 e. The van der Waals surface area contributed by atoms with Crippen LogP contribution in [0.15, 0.2) is 47.3 Å². The van der Waals surface area contributed by atoms with Crippen molar-refractivity contribution < 1.29 is 13.9 Å². The summed E-state index contributed by atoms with van der Waals surface area (Å²) < 4.78 is 18.5. The predicted octanol–water partition coefficient (Wildman–Crippen LogP) is 3.81. The quantitative estimate of drug-likeness (QED) is 0.719. The van der Waals surface area contributed by atoms with Gasteiger partial charge in [0.1, 0.15) is 11.6 Å². The van der Waals surface area contributed by atoms with E-state index in [0.717, 1.165) is 53.6 Å². The van der Waals surface area contributed by atoms with Crippen LogP contribution in [0.2, 0.25) is 0 Å². The summed E-state index contributed by atoms with van der Waals surface area (Å²) in [6.45, 7) is 3.25. The molecule has 0 N–H and O–H groups in total.